The number of hydrogen-bond donors (Lipinski definition) is 0. The molecule has 0 aliphatic carbocycles. The third-order valence-corrected chi connectivity index (χ3v) is 9.92. The van der Waals surface area contributed by atoms with Crippen LogP contribution in [-0.4, -0.2) is 36.7 Å². The van der Waals surface area contributed by atoms with Crippen LogP contribution in [0.15, 0.2) is 0 Å². The molecule has 312 valence electrons. The van der Waals surface area contributed by atoms with E-state index < -0.39 is 0 Å². The topological polar surface area (TPSA) is 78.9 Å². The first kappa shape index (κ1) is 54.8. The Morgan fingerprint density at radius 3 is 1.08 bits per heavy atom. The molecule has 0 saturated heterocycles. The maximum absolute atomic E-state index is 12.2. The smallest absolute Gasteiger partial charge is 0.311 e. The fraction of sp³-hybridized carbons (Fsp3) is 0.935. The van der Waals surface area contributed by atoms with E-state index in [1.54, 1.807) is 0 Å². The number of esters is 3. The van der Waals surface area contributed by atoms with Gasteiger partial charge in [-0.15, -0.1) is 0 Å². The second-order valence-corrected chi connectivity index (χ2v) is 20.4. The molecule has 0 aliphatic rings. The second kappa shape index (κ2) is 26.3. The Morgan fingerprint density at radius 1 is 0.462 bits per heavy atom. The maximum atomic E-state index is 12.2. The summed E-state index contributed by atoms with van der Waals surface area (Å²) in [7, 11) is 0. The predicted molar refractivity (Wildman–Crippen MR) is 223 cm³/mol. The highest BCUT2D eigenvalue weighted by Crippen LogP contribution is 2.28. The molecule has 52 heavy (non-hydrogen) atoms. The van der Waals surface area contributed by atoms with Crippen molar-refractivity contribution in [3.8, 4) is 0 Å². The number of carbonyl (C=O) groups excluding carboxylic acids is 3. The van der Waals surface area contributed by atoms with Crippen molar-refractivity contribution >= 4 is 17.9 Å². The van der Waals surface area contributed by atoms with E-state index in [0.717, 1.165) is 64.2 Å². The van der Waals surface area contributed by atoms with Crippen LogP contribution in [0, 0.1) is 51.2 Å². The minimum Gasteiger partial charge on any atom is -0.465 e. The van der Waals surface area contributed by atoms with Gasteiger partial charge in [0.1, 0.15) is 12.2 Å². The lowest BCUT2D eigenvalue weighted by Gasteiger charge is -2.27. The van der Waals surface area contributed by atoms with Gasteiger partial charge < -0.3 is 14.2 Å². The first-order chi connectivity index (χ1) is 23.5. The molecule has 0 radical (unpaired) electrons. The van der Waals surface area contributed by atoms with Crippen LogP contribution in [0.5, 0.6) is 0 Å². The zero-order valence-corrected chi connectivity index (χ0v) is 38.8. The van der Waals surface area contributed by atoms with Gasteiger partial charge >= 0.3 is 17.9 Å². The molecule has 0 N–H and O–H groups in total. The average Bonchev–Trinajstić information content (AvgIpc) is 2.99. The minimum absolute atomic E-state index is 0.0347. The fourth-order valence-electron chi connectivity index (χ4n) is 5.12. The minimum atomic E-state index is -0.355. The highest BCUT2D eigenvalue weighted by molar-refractivity contribution is 5.76. The molecule has 0 fully saturated rings. The van der Waals surface area contributed by atoms with Crippen molar-refractivity contribution < 1.29 is 28.6 Å². The number of hydrogen-bond acceptors (Lipinski definition) is 6. The van der Waals surface area contributed by atoms with Gasteiger partial charge in [0.25, 0.3) is 0 Å². The van der Waals surface area contributed by atoms with E-state index in [9.17, 15) is 14.4 Å². The molecule has 0 bridgehead atoms. The highest BCUT2D eigenvalue weighted by Gasteiger charge is 2.31. The zero-order chi connectivity index (χ0) is 41.7. The van der Waals surface area contributed by atoms with Crippen LogP contribution in [0.2, 0.25) is 0 Å². The first-order valence-electron chi connectivity index (χ1n) is 21.0. The standard InChI is InChI=1S/C17H34O2.C15H30O2.C14H28O2/c1-8-17(6,7)16(18)19-15(11-9-13(2)3)12-10-14(4)5;1-8-15(6,7)14(16)17-13(9-11(2)3)10-12(4)5;1-8-14(6,7)12(15)16-10-11(2)9-13(3,4)5/h13-15H,8-12H2,1-7H3;11-13H,8-10H2,1-7H3;11H,8-10H2,1-7H3. The van der Waals surface area contributed by atoms with Crippen LogP contribution >= 0.6 is 0 Å². The van der Waals surface area contributed by atoms with Crippen molar-refractivity contribution in [3.63, 3.8) is 0 Å². The lowest BCUT2D eigenvalue weighted by molar-refractivity contribution is -0.162. The summed E-state index contributed by atoms with van der Waals surface area (Å²) in [4.78, 5) is 36.0. The Bertz CT molecular complexity index is 928. The summed E-state index contributed by atoms with van der Waals surface area (Å²) in [6.45, 7) is 44.7. The summed E-state index contributed by atoms with van der Waals surface area (Å²) < 4.78 is 16.8. The summed E-state index contributed by atoms with van der Waals surface area (Å²) in [5.41, 5.74) is -0.756. The van der Waals surface area contributed by atoms with Crippen molar-refractivity contribution in [1.82, 2.24) is 0 Å². The van der Waals surface area contributed by atoms with Crippen LogP contribution < -0.4 is 0 Å². The molecule has 0 amide bonds. The van der Waals surface area contributed by atoms with Gasteiger partial charge in [0.15, 0.2) is 0 Å². The number of rotatable bonds is 21. The molecule has 1 unspecified atom stereocenters. The summed E-state index contributed by atoms with van der Waals surface area (Å²) in [5.74, 6) is 2.73. The molecule has 0 spiro atoms. The summed E-state index contributed by atoms with van der Waals surface area (Å²) in [5, 5.41) is 0. The van der Waals surface area contributed by atoms with Gasteiger partial charge in [0, 0.05) is 0 Å². The Hall–Kier alpha value is -1.59. The van der Waals surface area contributed by atoms with E-state index in [1.165, 1.54) is 0 Å². The molecular formula is C46H92O6. The van der Waals surface area contributed by atoms with Crippen LogP contribution in [0.25, 0.3) is 0 Å². The van der Waals surface area contributed by atoms with Crippen LogP contribution in [0.1, 0.15) is 210 Å². The van der Waals surface area contributed by atoms with Crippen molar-refractivity contribution in [3.05, 3.63) is 0 Å². The Labute approximate surface area is 325 Å². The number of carbonyl (C=O) groups is 3. The van der Waals surface area contributed by atoms with Crippen LogP contribution in [0.3, 0.4) is 0 Å². The SMILES string of the molecule is CCC(C)(C)C(=O)OC(CC(C)C)CC(C)C.CCC(C)(C)C(=O)OC(CCC(C)C)CCC(C)C.CCC(C)(C)C(=O)OCC(C)CC(C)(C)C. The summed E-state index contributed by atoms with van der Waals surface area (Å²) >= 11 is 0. The fourth-order valence-corrected chi connectivity index (χ4v) is 5.12. The Kier molecular flexibility index (Phi) is 27.6. The van der Waals surface area contributed by atoms with Gasteiger partial charge in [-0.05, 0) is 141 Å². The third-order valence-electron chi connectivity index (χ3n) is 9.92. The van der Waals surface area contributed by atoms with Crippen molar-refractivity contribution in [2.45, 2.75) is 222 Å². The van der Waals surface area contributed by atoms with E-state index >= 15 is 0 Å². The average molecular weight is 741 g/mol. The molecule has 0 aromatic heterocycles. The van der Waals surface area contributed by atoms with E-state index in [4.69, 9.17) is 14.2 Å². The monoisotopic (exact) mass is 741 g/mol. The molecule has 1 atom stereocenters. The van der Waals surface area contributed by atoms with Gasteiger partial charge in [-0.25, -0.2) is 0 Å². The van der Waals surface area contributed by atoms with Crippen LogP contribution in [-0.2, 0) is 28.6 Å². The summed E-state index contributed by atoms with van der Waals surface area (Å²) in [6, 6.07) is 0. The molecule has 6 heteroatoms. The lowest BCUT2D eigenvalue weighted by Crippen LogP contribution is -2.31. The summed E-state index contributed by atoms with van der Waals surface area (Å²) in [6.07, 6.45) is 9.89. The molecular weight excluding hydrogens is 649 g/mol. The predicted octanol–water partition coefficient (Wildman–Crippen LogP) is 13.7. The highest BCUT2D eigenvalue weighted by atomic mass is 16.6. The molecule has 0 saturated carbocycles. The van der Waals surface area contributed by atoms with Crippen molar-refractivity contribution in [1.29, 1.82) is 0 Å². The third kappa shape index (κ3) is 28.9. The van der Waals surface area contributed by atoms with Gasteiger partial charge in [-0.1, -0.05) is 104 Å². The molecule has 0 rings (SSSR count). The van der Waals surface area contributed by atoms with Crippen molar-refractivity contribution in [2.75, 3.05) is 6.61 Å². The van der Waals surface area contributed by atoms with Crippen LogP contribution in [0.4, 0.5) is 0 Å². The first-order valence-corrected chi connectivity index (χ1v) is 21.0. The number of ether oxygens (including phenoxy) is 3. The molecule has 0 aromatic rings. The normalized spacial score (nSPS) is 13.2. The van der Waals surface area contributed by atoms with Gasteiger partial charge in [-0.3, -0.25) is 14.4 Å². The largest absolute Gasteiger partial charge is 0.465 e. The van der Waals surface area contributed by atoms with E-state index in [-0.39, 0.29) is 46.4 Å². The molecule has 6 nitrogen and oxygen atoms in total. The zero-order valence-electron chi connectivity index (χ0n) is 38.8. The van der Waals surface area contributed by atoms with E-state index in [0.29, 0.717) is 41.6 Å². The lowest BCUT2D eigenvalue weighted by atomic mass is 9.86. The molecule has 0 aromatic carbocycles. The van der Waals surface area contributed by atoms with E-state index in [2.05, 4.69) is 83.1 Å². The second-order valence-electron chi connectivity index (χ2n) is 20.4. The molecule has 0 aliphatic heterocycles. The molecule has 0 heterocycles. The Balaban J connectivity index is -0.000000695. The maximum Gasteiger partial charge on any atom is 0.311 e. The van der Waals surface area contributed by atoms with Crippen molar-refractivity contribution in [2.24, 2.45) is 51.2 Å². The Morgan fingerprint density at radius 2 is 0.788 bits per heavy atom. The van der Waals surface area contributed by atoms with E-state index in [1.807, 2.05) is 62.3 Å². The quantitative estimate of drug-likeness (QED) is 0.0861. The van der Waals surface area contributed by atoms with Gasteiger partial charge in [-0.2, -0.15) is 0 Å². The van der Waals surface area contributed by atoms with Gasteiger partial charge in [0.05, 0.1) is 22.9 Å². The van der Waals surface area contributed by atoms with Gasteiger partial charge in [0.2, 0.25) is 0 Å².